The molecule has 0 aliphatic heterocycles. The highest BCUT2D eigenvalue weighted by molar-refractivity contribution is 7.99. The molecule has 2 aromatic heterocycles. The Balaban J connectivity index is 1.74. The van der Waals surface area contributed by atoms with Crippen LogP contribution in [0.3, 0.4) is 0 Å². The van der Waals surface area contributed by atoms with Gasteiger partial charge < -0.3 is 0 Å². The zero-order valence-electron chi connectivity index (χ0n) is 13.6. The Bertz CT molecular complexity index is 926. The highest BCUT2D eigenvalue weighted by Gasteiger charge is 2.12. The van der Waals surface area contributed by atoms with Crippen molar-refractivity contribution in [2.24, 2.45) is 7.05 Å². The number of hydrogen-bond acceptors (Lipinski definition) is 5. The Hall–Kier alpha value is -1.92. The number of rotatable bonds is 6. The Morgan fingerprint density at radius 2 is 2.00 bits per heavy atom. The summed E-state index contributed by atoms with van der Waals surface area (Å²) in [5.41, 5.74) is 2.58. The van der Waals surface area contributed by atoms with Crippen molar-refractivity contribution in [3.63, 3.8) is 0 Å². The molecule has 0 aliphatic carbocycles. The van der Waals surface area contributed by atoms with Gasteiger partial charge in [-0.15, -0.1) is 11.3 Å². The fourth-order valence-electron chi connectivity index (χ4n) is 2.46. The smallest absolute Gasteiger partial charge is 0.271 e. The second-order valence-corrected chi connectivity index (χ2v) is 7.41. The first-order chi connectivity index (χ1) is 11.6. The van der Waals surface area contributed by atoms with Gasteiger partial charge in [-0.05, 0) is 23.4 Å². The molecule has 0 saturated heterocycles. The Morgan fingerprint density at radius 1 is 1.25 bits per heavy atom. The molecule has 0 aliphatic rings. The second kappa shape index (κ2) is 7.32. The minimum atomic E-state index is -0.0612. The van der Waals surface area contributed by atoms with E-state index in [2.05, 4.69) is 11.9 Å². The lowest BCUT2D eigenvalue weighted by Gasteiger charge is -2.07. The first-order valence-corrected chi connectivity index (χ1v) is 9.66. The molecule has 0 amide bonds. The van der Waals surface area contributed by atoms with Crippen LogP contribution in [0.15, 0.2) is 45.7 Å². The lowest BCUT2D eigenvalue weighted by Crippen LogP contribution is -2.19. The molecular weight excluding hydrogens is 340 g/mol. The molecular formula is C18H18N2O2S2. The van der Waals surface area contributed by atoms with Crippen molar-refractivity contribution < 1.29 is 4.79 Å². The molecule has 0 N–H and O–H groups in total. The summed E-state index contributed by atoms with van der Waals surface area (Å²) < 4.78 is 2.17. The summed E-state index contributed by atoms with van der Waals surface area (Å²) in [5, 5.41) is 2.43. The van der Waals surface area contributed by atoms with E-state index in [-0.39, 0.29) is 17.1 Å². The third kappa shape index (κ3) is 3.44. The van der Waals surface area contributed by atoms with Crippen molar-refractivity contribution in [1.82, 2.24) is 9.55 Å². The Labute approximate surface area is 148 Å². The van der Waals surface area contributed by atoms with E-state index in [4.69, 9.17) is 0 Å². The van der Waals surface area contributed by atoms with Crippen molar-refractivity contribution in [1.29, 1.82) is 0 Å². The number of thiophene rings is 1. The van der Waals surface area contributed by atoms with Gasteiger partial charge in [0, 0.05) is 12.6 Å². The van der Waals surface area contributed by atoms with Crippen molar-refractivity contribution >= 4 is 39.1 Å². The van der Waals surface area contributed by atoms with E-state index in [0.29, 0.717) is 20.9 Å². The average molecular weight is 358 g/mol. The normalized spacial score (nSPS) is 11.1. The van der Waals surface area contributed by atoms with Crippen LogP contribution in [0.4, 0.5) is 0 Å². The van der Waals surface area contributed by atoms with E-state index in [0.717, 1.165) is 12.8 Å². The molecule has 1 aromatic carbocycles. The lowest BCUT2D eigenvalue weighted by molar-refractivity contribution is 0.102. The molecule has 0 bridgehead atoms. The number of aryl methyl sites for hydroxylation is 1. The number of nitrogens with zero attached hydrogens (tertiary/aromatic N) is 2. The summed E-state index contributed by atoms with van der Waals surface area (Å²) in [5.74, 6) is 0.311. The Kier molecular flexibility index (Phi) is 5.16. The molecule has 124 valence electrons. The maximum absolute atomic E-state index is 12.4. The predicted octanol–water partition coefficient (Wildman–Crippen LogP) is 3.92. The SMILES string of the molecule is CCCc1ccc(C(=O)CSc2nc3ccsc3c(=O)n2C)cc1. The number of carbonyl (C=O) groups excluding carboxylic acids is 1. The van der Waals surface area contributed by atoms with Crippen molar-refractivity contribution in [2.75, 3.05) is 5.75 Å². The van der Waals surface area contributed by atoms with Crippen molar-refractivity contribution in [3.8, 4) is 0 Å². The summed E-state index contributed by atoms with van der Waals surface area (Å²) in [6.07, 6.45) is 2.11. The van der Waals surface area contributed by atoms with Crippen LogP contribution in [0.1, 0.15) is 29.3 Å². The standard InChI is InChI=1S/C18H18N2O2S2/c1-3-4-12-5-7-13(8-6-12)15(21)11-24-18-19-14-9-10-23-16(14)17(22)20(18)2/h5-10H,3-4,11H2,1-2H3. The van der Waals surface area contributed by atoms with E-state index in [1.807, 2.05) is 35.7 Å². The number of aromatic nitrogens is 2. The predicted molar refractivity (Wildman–Crippen MR) is 100 cm³/mol. The fourth-order valence-corrected chi connectivity index (χ4v) is 4.13. The zero-order valence-corrected chi connectivity index (χ0v) is 15.2. The van der Waals surface area contributed by atoms with Gasteiger partial charge in [0.05, 0.1) is 11.3 Å². The molecule has 0 atom stereocenters. The van der Waals surface area contributed by atoms with Crippen LogP contribution in [0.5, 0.6) is 0 Å². The van der Waals surface area contributed by atoms with Gasteiger partial charge in [-0.25, -0.2) is 4.98 Å². The van der Waals surface area contributed by atoms with Crippen molar-refractivity contribution in [2.45, 2.75) is 24.9 Å². The molecule has 2 heterocycles. The molecule has 24 heavy (non-hydrogen) atoms. The van der Waals surface area contributed by atoms with Crippen LogP contribution in [0.2, 0.25) is 0 Å². The number of fused-ring (bicyclic) bond motifs is 1. The number of thioether (sulfide) groups is 1. The van der Waals surface area contributed by atoms with Crippen LogP contribution in [0, 0.1) is 0 Å². The van der Waals surface area contributed by atoms with E-state index < -0.39 is 0 Å². The number of hydrogen-bond donors (Lipinski definition) is 0. The maximum atomic E-state index is 12.4. The highest BCUT2D eigenvalue weighted by atomic mass is 32.2. The molecule has 0 fully saturated rings. The molecule has 0 radical (unpaired) electrons. The van der Waals surface area contributed by atoms with Gasteiger partial charge >= 0.3 is 0 Å². The van der Waals surface area contributed by atoms with E-state index in [9.17, 15) is 9.59 Å². The molecule has 0 unspecified atom stereocenters. The largest absolute Gasteiger partial charge is 0.293 e. The van der Waals surface area contributed by atoms with Gasteiger partial charge in [0.2, 0.25) is 0 Å². The van der Waals surface area contributed by atoms with Crippen LogP contribution >= 0.6 is 23.1 Å². The second-order valence-electron chi connectivity index (χ2n) is 5.55. The Morgan fingerprint density at radius 3 is 2.71 bits per heavy atom. The lowest BCUT2D eigenvalue weighted by atomic mass is 10.1. The van der Waals surface area contributed by atoms with Gasteiger partial charge in [0.25, 0.3) is 5.56 Å². The van der Waals surface area contributed by atoms with Crippen LogP contribution in [-0.2, 0) is 13.5 Å². The number of carbonyl (C=O) groups is 1. The van der Waals surface area contributed by atoms with Gasteiger partial charge in [0.1, 0.15) is 4.70 Å². The minimum absolute atomic E-state index is 0.0442. The fraction of sp³-hybridized carbons (Fsp3) is 0.278. The van der Waals surface area contributed by atoms with Gasteiger partial charge in [-0.2, -0.15) is 0 Å². The summed E-state index contributed by atoms with van der Waals surface area (Å²) in [7, 11) is 1.70. The summed E-state index contributed by atoms with van der Waals surface area (Å²) in [6.45, 7) is 2.14. The molecule has 6 heteroatoms. The molecule has 0 saturated carbocycles. The van der Waals surface area contributed by atoms with Crippen LogP contribution in [0.25, 0.3) is 10.2 Å². The quantitative estimate of drug-likeness (QED) is 0.381. The summed E-state index contributed by atoms with van der Waals surface area (Å²) in [4.78, 5) is 29.1. The first-order valence-electron chi connectivity index (χ1n) is 7.79. The number of ketones is 1. The van der Waals surface area contributed by atoms with Crippen molar-refractivity contribution in [3.05, 3.63) is 57.2 Å². The van der Waals surface area contributed by atoms with E-state index in [1.54, 1.807) is 7.05 Å². The van der Waals surface area contributed by atoms with Gasteiger partial charge in [0.15, 0.2) is 10.9 Å². The van der Waals surface area contributed by atoms with Gasteiger partial charge in [-0.1, -0.05) is 49.4 Å². The third-order valence-corrected chi connectivity index (χ3v) is 5.71. The summed E-state index contributed by atoms with van der Waals surface area (Å²) >= 11 is 2.70. The third-order valence-electron chi connectivity index (χ3n) is 3.79. The first kappa shape index (κ1) is 16.9. The van der Waals surface area contributed by atoms with Gasteiger partial charge in [-0.3, -0.25) is 14.2 Å². The topological polar surface area (TPSA) is 52.0 Å². The number of Topliss-reactive ketones (excluding diaryl/α,β-unsaturated/α-hetero) is 1. The summed E-state index contributed by atoms with van der Waals surface area (Å²) in [6, 6.07) is 9.60. The highest BCUT2D eigenvalue weighted by Crippen LogP contribution is 2.21. The average Bonchev–Trinajstić information content (AvgIpc) is 3.06. The minimum Gasteiger partial charge on any atom is -0.293 e. The van der Waals surface area contributed by atoms with Crippen LogP contribution < -0.4 is 5.56 Å². The number of benzene rings is 1. The molecule has 3 rings (SSSR count). The monoisotopic (exact) mass is 358 g/mol. The van der Waals surface area contributed by atoms with E-state index in [1.165, 1.54) is 33.2 Å². The molecule has 0 spiro atoms. The zero-order chi connectivity index (χ0) is 17.1. The molecule has 3 aromatic rings. The van der Waals surface area contributed by atoms with E-state index >= 15 is 0 Å². The van der Waals surface area contributed by atoms with Crippen LogP contribution in [-0.4, -0.2) is 21.1 Å². The molecule has 4 nitrogen and oxygen atoms in total. The maximum Gasteiger partial charge on any atom is 0.271 e.